The number of hydrogen-bond donors (Lipinski definition) is 1. The fraction of sp³-hybridized carbons (Fsp3) is 0.778. The van der Waals surface area contributed by atoms with Gasteiger partial charge < -0.3 is 5.11 Å². The minimum Gasteiger partial charge on any atom is -0.508 e. The minimum atomic E-state index is 0.460. The molecule has 0 aromatic heterocycles. The van der Waals surface area contributed by atoms with Gasteiger partial charge in [-0.3, -0.25) is 0 Å². The van der Waals surface area contributed by atoms with Crippen LogP contribution in [0.5, 0.6) is 5.75 Å². The molecule has 1 aromatic rings. The summed E-state index contributed by atoms with van der Waals surface area (Å²) in [5.74, 6) is 5.66. The fourth-order valence-corrected chi connectivity index (χ4v) is 9.08. The first-order chi connectivity index (χ1) is 13.4. The van der Waals surface area contributed by atoms with Crippen molar-refractivity contribution in [1.29, 1.82) is 0 Å². The van der Waals surface area contributed by atoms with E-state index in [4.69, 9.17) is 0 Å². The average molecular weight is 381 g/mol. The van der Waals surface area contributed by atoms with Crippen LogP contribution >= 0.6 is 0 Å². The smallest absolute Gasteiger partial charge is 0.115 e. The van der Waals surface area contributed by atoms with E-state index in [0.29, 0.717) is 16.6 Å². The second-order valence-electron chi connectivity index (χ2n) is 11.6. The van der Waals surface area contributed by atoms with Crippen LogP contribution in [0.2, 0.25) is 0 Å². The van der Waals surface area contributed by atoms with Gasteiger partial charge in [0.1, 0.15) is 5.75 Å². The van der Waals surface area contributed by atoms with Crippen LogP contribution in [0.4, 0.5) is 0 Å². The molecule has 0 radical (unpaired) electrons. The van der Waals surface area contributed by atoms with Crippen LogP contribution in [-0.2, 0) is 6.42 Å². The number of phenols is 1. The topological polar surface area (TPSA) is 20.2 Å². The molecule has 1 nitrogen and oxygen atoms in total. The van der Waals surface area contributed by atoms with Crippen LogP contribution in [0.1, 0.15) is 96.1 Å². The van der Waals surface area contributed by atoms with E-state index in [0.717, 1.165) is 35.5 Å². The molecule has 0 saturated heterocycles. The van der Waals surface area contributed by atoms with E-state index in [1.54, 1.807) is 5.56 Å². The minimum absolute atomic E-state index is 0.460. The molecule has 8 atom stereocenters. The van der Waals surface area contributed by atoms with E-state index in [9.17, 15) is 5.11 Å². The van der Waals surface area contributed by atoms with E-state index in [-0.39, 0.29) is 0 Å². The third-order valence-electron chi connectivity index (χ3n) is 10.5. The lowest BCUT2D eigenvalue weighted by Gasteiger charge is -2.58. The summed E-state index contributed by atoms with van der Waals surface area (Å²) in [6, 6.07) is 6.31. The highest BCUT2D eigenvalue weighted by molar-refractivity contribution is 5.41. The van der Waals surface area contributed by atoms with Crippen LogP contribution < -0.4 is 0 Å². The summed E-state index contributed by atoms with van der Waals surface area (Å²) in [4.78, 5) is 0. The van der Waals surface area contributed by atoms with Gasteiger partial charge >= 0.3 is 0 Å². The molecule has 3 unspecified atom stereocenters. The Morgan fingerprint density at radius 3 is 2.71 bits per heavy atom. The normalized spacial score (nSPS) is 47.0. The Morgan fingerprint density at radius 1 is 1.11 bits per heavy atom. The van der Waals surface area contributed by atoms with Crippen molar-refractivity contribution < 1.29 is 5.11 Å². The number of hydrogen-bond acceptors (Lipinski definition) is 1. The van der Waals surface area contributed by atoms with Gasteiger partial charge in [-0.2, -0.15) is 0 Å². The molecule has 154 valence electrons. The third kappa shape index (κ3) is 2.50. The summed E-state index contributed by atoms with van der Waals surface area (Å²) in [6.07, 6.45) is 12.5. The van der Waals surface area contributed by atoms with E-state index in [1.165, 1.54) is 63.4 Å². The predicted octanol–water partition coefficient (Wildman–Crippen LogP) is 7.33. The van der Waals surface area contributed by atoms with E-state index >= 15 is 0 Å². The van der Waals surface area contributed by atoms with Gasteiger partial charge in [-0.05, 0) is 108 Å². The van der Waals surface area contributed by atoms with Crippen LogP contribution in [0, 0.1) is 40.4 Å². The summed E-state index contributed by atoms with van der Waals surface area (Å²) in [6.45, 7) is 10.3. The molecule has 1 heteroatoms. The molecule has 4 aliphatic carbocycles. The fourth-order valence-electron chi connectivity index (χ4n) is 9.08. The van der Waals surface area contributed by atoms with Crippen molar-refractivity contribution in [3.05, 3.63) is 29.3 Å². The zero-order chi connectivity index (χ0) is 19.7. The number of rotatable bonds is 2. The van der Waals surface area contributed by atoms with Crippen molar-refractivity contribution in [2.24, 2.45) is 40.4 Å². The molecule has 0 bridgehead atoms. The summed E-state index contributed by atoms with van der Waals surface area (Å²) in [5.41, 5.74) is 4.14. The molecule has 0 heterocycles. The molecule has 1 aromatic carbocycles. The number of phenolic OH excluding ortho intramolecular Hbond substituents is 1. The Kier molecular flexibility index (Phi) is 4.42. The Balaban J connectivity index is 1.57. The van der Waals surface area contributed by atoms with Crippen molar-refractivity contribution >= 4 is 0 Å². The molecule has 0 amide bonds. The average Bonchev–Trinajstić information content (AvgIpc) is 2.88. The second kappa shape index (κ2) is 6.51. The lowest BCUT2D eigenvalue weighted by atomic mass is 9.47. The lowest BCUT2D eigenvalue weighted by molar-refractivity contribution is -0.0657. The van der Waals surface area contributed by atoms with Gasteiger partial charge in [-0.1, -0.05) is 53.0 Å². The Bertz CT molecular complexity index is 753. The maximum absolute atomic E-state index is 10.1. The van der Waals surface area contributed by atoms with Crippen molar-refractivity contribution in [2.45, 2.75) is 91.4 Å². The molecule has 5 rings (SSSR count). The van der Waals surface area contributed by atoms with Crippen molar-refractivity contribution in [3.63, 3.8) is 0 Å². The van der Waals surface area contributed by atoms with E-state index in [1.807, 2.05) is 6.07 Å². The molecular formula is C27H40O. The Hall–Kier alpha value is -0.980. The molecule has 4 aliphatic rings. The maximum atomic E-state index is 10.1. The number of fused-ring (bicyclic) bond motifs is 7. The van der Waals surface area contributed by atoms with Gasteiger partial charge in [0, 0.05) is 0 Å². The zero-order valence-electron chi connectivity index (χ0n) is 18.5. The monoisotopic (exact) mass is 380 g/mol. The molecular weight excluding hydrogens is 340 g/mol. The Morgan fingerprint density at radius 2 is 1.93 bits per heavy atom. The summed E-state index contributed by atoms with van der Waals surface area (Å²) in [7, 11) is 0. The van der Waals surface area contributed by atoms with E-state index < -0.39 is 0 Å². The first-order valence-electron chi connectivity index (χ1n) is 12.2. The van der Waals surface area contributed by atoms with Crippen molar-refractivity contribution in [2.75, 3.05) is 0 Å². The van der Waals surface area contributed by atoms with Gasteiger partial charge in [0.15, 0.2) is 0 Å². The van der Waals surface area contributed by atoms with E-state index in [2.05, 4.69) is 39.8 Å². The van der Waals surface area contributed by atoms with Gasteiger partial charge in [0.05, 0.1) is 0 Å². The molecule has 0 aliphatic heterocycles. The molecule has 0 spiro atoms. The van der Waals surface area contributed by atoms with Crippen LogP contribution in [0.3, 0.4) is 0 Å². The number of benzene rings is 1. The predicted molar refractivity (Wildman–Crippen MR) is 116 cm³/mol. The summed E-state index contributed by atoms with van der Waals surface area (Å²) in [5, 5.41) is 10.1. The molecule has 28 heavy (non-hydrogen) atoms. The highest BCUT2D eigenvalue weighted by Crippen LogP contribution is 2.73. The standard InChI is InChI=1S/C27H40O/c1-5-6-18-13-19-14-21(28)9-10-22(19)23-11-12-26(3)24(25(18)23)15-20-8-7-17(2)16-27(20,26)4/h9-10,14,17-18,20,23-25,28H,5-8,11-13,15-16H2,1-4H3/t17-,18+,20+,23?,24?,25?,26-,27+/m0/s1. The molecule has 3 saturated carbocycles. The quantitative estimate of drug-likeness (QED) is 0.569. The lowest BCUT2D eigenvalue weighted by Crippen LogP contribution is -2.50. The van der Waals surface area contributed by atoms with Crippen LogP contribution in [-0.4, -0.2) is 5.11 Å². The van der Waals surface area contributed by atoms with Crippen LogP contribution in [0.25, 0.3) is 0 Å². The SMILES string of the molecule is CCC[C@@H]1Cc2cc(O)ccc2C2CC[C@@]3(C)C(C[C@H]4CC[C@H](C)C[C@]43C)C21. The van der Waals surface area contributed by atoms with Crippen molar-refractivity contribution in [3.8, 4) is 5.75 Å². The largest absolute Gasteiger partial charge is 0.508 e. The second-order valence-corrected chi connectivity index (χ2v) is 11.6. The molecule has 3 fully saturated rings. The van der Waals surface area contributed by atoms with Crippen LogP contribution in [0.15, 0.2) is 18.2 Å². The highest BCUT2D eigenvalue weighted by Gasteiger charge is 2.65. The first-order valence-corrected chi connectivity index (χ1v) is 12.2. The van der Waals surface area contributed by atoms with Gasteiger partial charge in [0.2, 0.25) is 0 Å². The summed E-state index contributed by atoms with van der Waals surface area (Å²) >= 11 is 0. The van der Waals surface area contributed by atoms with Crippen molar-refractivity contribution in [1.82, 2.24) is 0 Å². The van der Waals surface area contributed by atoms with Gasteiger partial charge in [0.25, 0.3) is 0 Å². The maximum Gasteiger partial charge on any atom is 0.115 e. The number of aromatic hydroxyl groups is 1. The zero-order valence-corrected chi connectivity index (χ0v) is 18.5. The highest BCUT2D eigenvalue weighted by atomic mass is 16.3. The first kappa shape index (κ1) is 19.0. The summed E-state index contributed by atoms with van der Waals surface area (Å²) < 4.78 is 0. The Labute approximate surface area is 172 Å². The van der Waals surface area contributed by atoms with Gasteiger partial charge in [-0.25, -0.2) is 0 Å². The van der Waals surface area contributed by atoms with Gasteiger partial charge in [-0.15, -0.1) is 0 Å². The molecule has 1 N–H and O–H groups in total. The third-order valence-corrected chi connectivity index (χ3v) is 10.5.